The molecular weight excluding hydrogens is 227 g/mol. The summed E-state index contributed by atoms with van der Waals surface area (Å²) in [5.41, 5.74) is -0.178. The van der Waals surface area contributed by atoms with Crippen molar-refractivity contribution in [2.45, 2.75) is 0 Å². The zero-order valence-corrected chi connectivity index (χ0v) is 8.78. The summed E-state index contributed by atoms with van der Waals surface area (Å²) in [5, 5.41) is 33.8. The molecule has 0 unspecified atom stereocenters. The summed E-state index contributed by atoms with van der Waals surface area (Å²) in [4.78, 5) is 28.3. The average molecular weight is 234 g/mol. The summed E-state index contributed by atoms with van der Waals surface area (Å²) in [6, 6.07) is 5.64. The maximum Gasteiger partial charge on any atom is 1.00 e. The van der Waals surface area contributed by atoms with Crippen molar-refractivity contribution in [3.05, 3.63) is 29.8 Å². The molecule has 17 heavy (non-hydrogen) atoms. The van der Waals surface area contributed by atoms with Gasteiger partial charge in [-0.25, -0.2) is 9.59 Å². The largest absolute Gasteiger partial charge is 1.00 e. The molecule has 0 aliphatic heterocycles. The molecule has 7 nitrogen and oxygen atoms in total. The van der Waals surface area contributed by atoms with Crippen molar-refractivity contribution in [2.75, 3.05) is 0 Å². The van der Waals surface area contributed by atoms with Crippen LogP contribution in [0.3, 0.4) is 0 Å². The molecule has 0 saturated carbocycles. The number of para-hydroxylation sites is 1. The molecule has 0 amide bonds. The van der Waals surface area contributed by atoms with Crippen LogP contribution in [0.4, 0.5) is 0 Å². The van der Waals surface area contributed by atoms with Crippen LogP contribution in [0.2, 0.25) is 0 Å². The Hall–Kier alpha value is -1.97. The second-order valence-electron chi connectivity index (χ2n) is 2.41. The van der Waals surface area contributed by atoms with Gasteiger partial charge < -0.3 is 25.2 Å². The molecule has 1 aromatic rings. The van der Waals surface area contributed by atoms with Crippen LogP contribution < -0.4 is 24.0 Å². The zero-order chi connectivity index (χ0) is 12.7. The van der Waals surface area contributed by atoms with Crippen molar-refractivity contribution >= 4 is 17.9 Å². The molecule has 0 aliphatic carbocycles. The Balaban J connectivity index is 0. The van der Waals surface area contributed by atoms with Gasteiger partial charge in [-0.2, -0.15) is 0 Å². The van der Waals surface area contributed by atoms with Gasteiger partial charge in [-0.05, 0) is 12.1 Å². The standard InChI is InChI=1S/C7H6O3.C2H2O4.Li/c8-6-4-2-1-3-5(6)7(9)10;3-1(4)2(5)6;/h1-4,8H,(H,9,10);(H,3,4)(H,5,6);/q;;+1/p-1. The summed E-state index contributed by atoms with van der Waals surface area (Å²) in [6.45, 7) is 0. The Morgan fingerprint density at radius 2 is 1.41 bits per heavy atom. The van der Waals surface area contributed by atoms with E-state index in [-0.39, 0.29) is 30.2 Å². The summed E-state index contributed by atoms with van der Waals surface area (Å²) < 4.78 is 0. The first kappa shape index (κ1) is 17.4. The Labute approximate surface area is 107 Å². The van der Waals surface area contributed by atoms with Crippen LogP contribution in [0.25, 0.3) is 0 Å². The van der Waals surface area contributed by atoms with Gasteiger partial charge >= 0.3 is 30.8 Å². The number of carboxylic acids is 3. The molecule has 0 aliphatic rings. The number of hydrogen-bond donors (Lipinski definition) is 3. The fourth-order valence-electron chi connectivity index (χ4n) is 0.646. The predicted octanol–water partition coefficient (Wildman–Crippen LogP) is -4.08. The van der Waals surface area contributed by atoms with E-state index in [4.69, 9.17) is 24.9 Å². The Morgan fingerprint density at radius 3 is 1.65 bits per heavy atom. The summed E-state index contributed by atoms with van der Waals surface area (Å²) in [6.07, 6.45) is 0. The first-order valence-corrected chi connectivity index (χ1v) is 3.81. The van der Waals surface area contributed by atoms with Gasteiger partial charge in [0.15, 0.2) is 0 Å². The van der Waals surface area contributed by atoms with Gasteiger partial charge in [0.1, 0.15) is 5.75 Å². The van der Waals surface area contributed by atoms with Gasteiger partial charge in [0.2, 0.25) is 0 Å². The van der Waals surface area contributed by atoms with Crippen LogP contribution in [0.1, 0.15) is 10.4 Å². The van der Waals surface area contributed by atoms with Crippen molar-refractivity contribution in [2.24, 2.45) is 0 Å². The number of aliphatic carboxylic acids is 2. The minimum atomic E-state index is -1.82. The molecule has 0 bridgehead atoms. The number of aromatic hydroxyl groups is 1. The number of aromatic carboxylic acids is 1. The van der Waals surface area contributed by atoms with E-state index in [2.05, 4.69) is 0 Å². The second kappa shape index (κ2) is 8.21. The number of hydrogen-bond acceptors (Lipinski definition) is 5. The Morgan fingerprint density at radius 1 is 1.00 bits per heavy atom. The smallest absolute Gasteiger partial charge is 0.545 e. The molecule has 0 atom stereocenters. The molecule has 0 saturated heterocycles. The normalized spacial score (nSPS) is 8.00. The number of carbonyl (C=O) groups is 3. The predicted molar refractivity (Wildman–Crippen MR) is 47.7 cm³/mol. The molecule has 8 heteroatoms. The number of carbonyl (C=O) groups excluding carboxylic acids is 1. The van der Waals surface area contributed by atoms with E-state index in [1.54, 1.807) is 6.07 Å². The van der Waals surface area contributed by atoms with Gasteiger partial charge in [-0.3, -0.25) is 0 Å². The van der Waals surface area contributed by atoms with Gasteiger partial charge in [-0.1, -0.05) is 12.1 Å². The number of phenols is 1. The minimum absolute atomic E-state index is 0. The molecule has 0 spiro atoms. The quantitative estimate of drug-likeness (QED) is 0.332. The molecule has 3 N–H and O–H groups in total. The van der Waals surface area contributed by atoms with Crippen LogP contribution in [0.5, 0.6) is 5.75 Å². The van der Waals surface area contributed by atoms with Crippen LogP contribution in [-0.4, -0.2) is 33.2 Å². The number of carboxylic acid groups (broad SMARTS) is 3. The Kier molecular flexibility index (Phi) is 8.42. The first-order chi connectivity index (χ1) is 7.36. The molecule has 1 rings (SSSR count). The average Bonchev–Trinajstić information content (AvgIpc) is 2.18. The maximum atomic E-state index is 10.2. The molecular formula is C9H7LiO7. The molecule has 86 valence electrons. The van der Waals surface area contributed by atoms with Crippen molar-refractivity contribution < 1.29 is 53.7 Å². The molecule has 0 fully saturated rings. The van der Waals surface area contributed by atoms with E-state index in [0.29, 0.717) is 0 Å². The van der Waals surface area contributed by atoms with Crippen LogP contribution in [-0.2, 0) is 9.59 Å². The topological polar surface area (TPSA) is 135 Å². The van der Waals surface area contributed by atoms with Crippen molar-refractivity contribution in [3.63, 3.8) is 0 Å². The van der Waals surface area contributed by atoms with E-state index >= 15 is 0 Å². The fourth-order valence-corrected chi connectivity index (χ4v) is 0.646. The van der Waals surface area contributed by atoms with Crippen molar-refractivity contribution in [1.29, 1.82) is 0 Å². The molecule has 0 aromatic heterocycles. The molecule has 0 radical (unpaired) electrons. The fraction of sp³-hybridized carbons (Fsp3) is 0. The zero-order valence-electron chi connectivity index (χ0n) is 8.78. The van der Waals surface area contributed by atoms with E-state index < -0.39 is 17.9 Å². The SMILES string of the molecule is O=C(O)C(=O)O.O=C([O-])c1ccccc1O.[Li+]. The van der Waals surface area contributed by atoms with Gasteiger partial charge in [0, 0.05) is 5.56 Å². The second-order valence-corrected chi connectivity index (χ2v) is 2.41. The van der Waals surface area contributed by atoms with Crippen molar-refractivity contribution in [3.8, 4) is 5.75 Å². The van der Waals surface area contributed by atoms with E-state index in [9.17, 15) is 9.90 Å². The van der Waals surface area contributed by atoms with Crippen LogP contribution >= 0.6 is 0 Å². The monoisotopic (exact) mass is 234 g/mol. The maximum absolute atomic E-state index is 10.2. The number of rotatable bonds is 1. The third kappa shape index (κ3) is 7.00. The summed E-state index contributed by atoms with van der Waals surface area (Å²) in [7, 11) is 0. The van der Waals surface area contributed by atoms with E-state index in [0.717, 1.165) is 0 Å². The summed E-state index contributed by atoms with van der Waals surface area (Å²) in [5.74, 6) is -5.27. The first-order valence-electron chi connectivity index (χ1n) is 3.81. The third-order valence-electron chi connectivity index (χ3n) is 1.31. The number of benzene rings is 1. The molecule has 0 heterocycles. The van der Waals surface area contributed by atoms with Gasteiger partial charge in [0.05, 0.1) is 5.97 Å². The van der Waals surface area contributed by atoms with Gasteiger partial charge in [-0.15, -0.1) is 0 Å². The minimum Gasteiger partial charge on any atom is -0.545 e. The summed E-state index contributed by atoms with van der Waals surface area (Å²) >= 11 is 0. The van der Waals surface area contributed by atoms with Crippen LogP contribution in [0.15, 0.2) is 24.3 Å². The van der Waals surface area contributed by atoms with E-state index in [1.165, 1.54) is 18.2 Å². The Bertz CT molecular complexity index is 404. The molecule has 1 aromatic carbocycles. The van der Waals surface area contributed by atoms with Crippen LogP contribution in [0, 0.1) is 0 Å². The third-order valence-corrected chi connectivity index (χ3v) is 1.31. The van der Waals surface area contributed by atoms with Gasteiger partial charge in [0.25, 0.3) is 0 Å². The van der Waals surface area contributed by atoms with Crippen molar-refractivity contribution in [1.82, 2.24) is 0 Å². The van der Waals surface area contributed by atoms with E-state index in [1.807, 2.05) is 0 Å².